The van der Waals surface area contributed by atoms with Crippen molar-refractivity contribution >= 4 is 11.8 Å². The molecule has 0 unspecified atom stereocenters. The first-order valence-corrected chi connectivity index (χ1v) is 9.89. The molecule has 2 aromatic rings. The van der Waals surface area contributed by atoms with E-state index < -0.39 is 11.6 Å². The van der Waals surface area contributed by atoms with Gasteiger partial charge in [0, 0.05) is 51.0 Å². The number of piperazine rings is 1. The van der Waals surface area contributed by atoms with Crippen LogP contribution in [-0.4, -0.2) is 55.6 Å². The first kappa shape index (κ1) is 21.0. The van der Waals surface area contributed by atoms with E-state index in [0.717, 1.165) is 49.7 Å². The van der Waals surface area contributed by atoms with E-state index in [-0.39, 0.29) is 12.1 Å². The van der Waals surface area contributed by atoms with Gasteiger partial charge in [-0.1, -0.05) is 0 Å². The highest BCUT2D eigenvalue weighted by Crippen LogP contribution is 2.15. The molecule has 1 aromatic heterocycles. The van der Waals surface area contributed by atoms with Gasteiger partial charge in [0.1, 0.15) is 17.5 Å². The number of rotatable bonds is 6. The summed E-state index contributed by atoms with van der Waals surface area (Å²) in [5.41, 5.74) is 1.31. The van der Waals surface area contributed by atoms with Gasteiger partial charge >= 0.3 is 0 Å². The molecule has 0 amide bonds. The Kier molecular flexibility index (Phi) is 7.35. The van der Waals surface area contributed by atoms with Gasteiger partial charge in [0.2, 0.25) is 0 Å². The van der Waals surface area contributed by atoms with Crippen molar-refractivity contribution in [1.82, 2.24) is 20.5 Å². The van der Waals surface area contributed by atoms with Crippen molar-refractivity contribution in [3.05, 3.63) is 59.3 Å². The lowest BCUT2D eigenvalue weighted by Gasteiger charge is -2.33. The monoisotopic (exact) mass is 402 g/mol. The third-order valence-corrected chi connectivity index (χ3v) is 4.86. The maximum atomic E-state index is 13.8. The molecule has 8 heteroatoms. The first-order chi connectivity index (χ1) is 14.0. The van der Waals surface area contributed by atoms with Gasteiger partial charge < -0.3 is 20.4 Å². The molecule has 0 spiro atoms. The fourth-order valence-electron chi connectivity index (χ4n) is 3.14. The van der Waals surface area contributed by atoms with Gasteiger partial charge in [-0.05, 0) is 49.9 Å². The smallest absolute Gasteiger partial charge is 0.191 e. The summed E-state index contributed by atoms with van der Waals surface area (Å²) in [6.07, 6.45) is 1.81. The molecule has 0 saturated carbocycles. The van der Waals surface area contributed by atoms with Crippen molar-refractivity contribution in [2.45, 2.75) is 20.0 Å². The molecular weight excluding hydrogens is 374 g/mol. The van der Waals surface area contributed by atoms with Crippen molar-refractivity contribution in [3.8, 4) is 0 Å². The van der Waals surface area contributed by atoms with Crippen LogP contribution >= 0.6 is 0 Å². The predicted octanol–water partition coefficient (Wildman–Crippen LogP) is 2.37. The van der Waals surface area contributed by atoms with E-state index in [2.05, 4.69) is 43.5 Å². The summed E-state index contributed by atoms with van der Waals surface area (Å²) in [7, 11) is 2.13. The maximum absolute atomic E-state index is 13.8. The molecule has 0 bridgehead atoms. The van der Waals surface area contributed by atoms with Gasteiger partial charge in [-0.3, -0.25) is 0 Å². The molecule has 1 saturated heterocycles. The number of aliphatic imine (C=N–C) groups is 1. The second-order valence-corrected chi connectivity index (χ2v) is 7.10. The molecule has 2 N–H and O–H groups in total. The largest absolute Gasteiger partial charge is 0.357 e. The quantitative estimate of drug-likeness (QED) is 0.574. The zero-order valence-corrected chi connectivity index (χ0v) is 17.0. The van der Waals surface area contributed by atoms with Gasteiger partial charge in [-0.2, -0.15) is 0 Å². The van der Waals surface area contributed by atoms with E-state index in [1.807, 2.05) is 13.0 Å². The zero-order chi connectivity index (χ0) is 20.6. The SMILES string of the molecule is CCNC(=NCc1ccnc(N2CCN(C)CC2)c1)NCc1cc(F)ccc1F. The molecule has 0 atom stereocenters. The van der Waals surface area contributed by atoms with E-state index in [9.17, 15) is 8.78 Å². The van der Waals surface area contributed by atoms with Crippen LogP contribution in [0.5, 0.6) is 0 Å². The number of hydrogen-bond acceptors (Lipinski definition) is 4. The Morgan fingerprint density at radius 3 is 2.66 bits per heavy atom. The van der Waals surface area contributed by atoms with Crippen LogP contribution in [0.15, 0.2) is 41.5 Å². The van der Waals surface area contributed by atoms with E-state index in [1.54, 1.807) is 6.20 Å². The minimum absolute atomic E-state index is 0.151. The molecule has 29 heavy (non-hydrogen) atoms. The third-order valence-electron chi connectivity index (χ3n) is 4.86. The molecule has 2 heterocycles. The number of benzene rings is 1. The summed E-state index contributed by atoms with van der Waals surface area (Å²) in [6, 6.07) is 7.44. The standard InChI is InChI=1S/C21H28F2N6/c1-3-24-21(27-15-17-13-18(22)4-5-19(17)23)26-14-16-6-7-25-20(12-16)29-10-8-28(2)9-11-29/h4-7,12-13H,3,8-11,14-15H2,1-2H3,(H2,24,26,27). The van der Waals surface area contributed by atoms with Crippen LogP contribution in [0.2, 0.25) is 0 Å². The van der Waals surface area contributed by atoms with E-state index in [1.165, 1.54) is 6.07 Å². The van der Waals surface area contributed by atoms with Crippen LogP contribution in [0.1, 0.15) is 18.1 Å². The molecular formula is C21H28F2N6. The lowest BCUT2D eigenvalue weighted by molar-refractivity contribution is 0.312. The van der Waals surface area contributed by atoms with Gasteiger partial charge in [0.25, 0.3) is 0 Å². The summed E-state index contributed by atoms with van der Waals surface area (Å²) >= 11 is 0. The van der Waals surface area contributed by atoms with Crippen molar-refractivity contribution in [1.29, 1.82) is 0 Å². The Bertz CT molecular complexity index is 834. The van der Waals surface area contributed by atoms with Crippen molar-refractivity contribution in [2.24, 2.45) is 4.99 Å². The maximum Gasteiger partial charge on any atom is 0.191 e. The highest BCUT2D eigenvalue weighted by Gasteiger charge is 2.15. The molecule has 1 fully saturated rings. The number of pyridine rings is 1. The molecule has 3 rings (SSSR count). The summed E-state index contributed by atoms with van der Waals surface area (Å²) in [4.78, 5) is 13.7. The van der Waals surface area contributed by atoms with Gasteiger partial charge in [-0.25, -0.2) is 18.8 Å². The molecule has 0 aliphatic carbocycles. The predicted molar refractivity (Wildman–Crippen MR) is 112 cm³/mol. The van der Waals surface area contributed by atoms with Gasteiger partial charge in [-0.15, -0.1) is 0 Å². The molecule has 1 aliphatic heterocycles. The Morgan fingerprint density at radius 2 is 1.90 bits per heavy atom. The normalized spacial score (nSPS) is 15.4. The topological polar surface area (TPSA) is 55.8 Å². The van der Waals surface area contributed by atoms with Crippen LogP contribution in [0.25, 0.3) is 0 Å². The van der Waals surface area contributed by atoms with Crippen LogP contribution in [0.3, 0.4) is 0 Å². The Morgan fingerprint density at radius 1 is 1.10 bits per heavy atom. The van der Waals surface area contributed by atoms with Crippen molar-refractivity contribution < 1.29 is 8.78 Å². The number of nitrogens with one attached hydrogen (secondary N) is 2. The van der Waals surface area contributed by atoms with Crippen molar-refractivity contribution in [3.63, 3.8) is 0 Å². The summed E-state index contributed by atoms with van der Waals surface area (Å²) in [5.74, 6) is 0.610. The number of aromatic nitrogens is 1. The lowest BCUT2D eigenvalue weighted by atomic mass is 10.2. The highest BCUT2D eigenvalue weighted by atomic mass is 19.1. The Hall–Kier alpha value is -2.74. The lowest BCUT2D eigenvalue weighted by Crippen LogP contribution is -2.44. The molecule has 1 aliphatic rings. The fourth-order valence-corrected chi connectivity index (χ4v) is 3.14. The molecule has 0 radical (unpaired) electrons. The Balaban J connectivity index is 1.63. The van der Waals surface area contributed by atoms with Crippen LogP contribution in [-0.2, 0) is 13.1 Å². The van der Waals surface area contributed by atoms with E-state index >= 15 is 0 Å². The first-order valence-electron chi connectivity index (χ1n) is 9.89. The van der Waals surface area contributed by atoms with E-state index in [4.69, 9.17) is 0 Å². The third kappa shape index (κ3) is 6.12. The second kappa shape index (κ2) is 10.2. The van der Waals surface area contributed by atoms with Crippen LogP contribution in [0, 0.1) is 11.6 Å². The second-order valence-electron chi connectivity index (χ2n) is 7.10. The summed E-state index contributed by atoms with van der Waals surface area (Å²) < 4.78 is 27.2. The molecule has 156 valence electrons. The average molecular weight is 402 g/mol. The molecule has 6 nitrogen and oxygen atoms in total. The van der Waals surface area contributed by atoms with Crippen LogP contribution in [0.4, 0.5) is 14.6 Å². The number of halogens is 2. The van der Waals surface area contributed by atoms with E-state index in [0.29, 0.717) is 19.0 Å². The molecule has 1 aromatic carbocycles. The number of likely N-dealkylation sites (N-methyl/N-ethyl adjacent to an activating group) is 1. The number of anilines is 1. The van der Waals surface area contributed by atoms with Crippen LogP contribution < -0.4 is 15.5 Å². The van der Waals surface area contributed by atoms with Gasteiger partial charge in [0.15, 0.2) is 5.96 Å². The number of guanidine groups is 1. The summed E-state index contributed by atoms with van der Waals surface area (Å²) in [5, 5.41) is 6.19. The zero-order valence-electron chi connectivity index (χ0n) is 17.0. The number of nitrogens with zero attached hydrogens (tertiary/aromatic N) is 4. The fraction of sp³-hybridized carbons (Fsp3) is 0.429. The van der Waals surface area contributed by atoms with Gasteiger partial charge in [0.05, 0.1) is 6.54 Å². The highest BCUT2D eigenvalue weighted by molar-refractivity contribution is 5.79. The van der Waals surface area contributed by atoms with Crippen molar-refractivity contribution in [2.75, 3.05) is 44.7 Å². The average Bonchev–Trinajstić information content (AvgIpc) is 2.73. The summed E-state index contributed by atoms with van der Waals surface area (Å²) in [6.45, 7) is 7.20. The minimum Gasteiger partial charge on any atom is -0.357 e. The Labute approximate surface area is 170 Å². The number of hydrogen-bond donors (Lipinski definition) is 2. The minimum atomic E-state index is -0.460.